The molecule has 1 aliphatic rings. The van der Waals surface area contributed by atoms with Crippen LogP contribution in [0.2, 0.25) is 20.1 Å². The molecule has 11 heteroatoms. The van der Waals surface area contributed by atoms with Gasteiger partial charge in [0.05, 0.1) is 24.6 Å². The number of halogens is 6. The molecule has 3 aromatic carbocycles. The van der Waals surface area contributed by atoms with Crippen molar-refractivity contribution >= 4 is 124 Å². The van der Waals surface area contributed by atoms with Crippen LogP contribution in [0.1, 0.15) is 11.1 Å². The van der Waals surface area contributed by atoms with Crippen molar-refractivity contribution in [1.82, 2.24) is 0 Å². The molecule has 1 fully saturated rings. The predicted molar refractivity (Wildman–Crippen MR) is 155 cm³/mol. The Balaban J connectivity index is 1.56. The van der Waals surface area contributed by atoms with Gasteiger partial charge in [-0.2, -0.15) is 0 Å². The average molecular weight is 699 g/mol. The van der Waals surface area contributed by atoms with E-state index in [1.165, 1.54) is 16.7 Å². The Kier molecular flexibility index (Phi) is 8.58. The normalized spacial score (nSPS) is 14.9. The molecule has 1 heterocycles. The van der Waals surface area contributed by atoms with Crippen molar-refractivity contribution in [1.29, 1.82) is 0 Å². The maximum absolute atomic E-state index is 13.1. The molecule has 1 saturated heterocycles. The lowest BCUT2D eigenvalue weighted by atomic mass is 10.2. The van der Waals surface area contributed by atoms with Gasteiger partial charge in [-0.3, -0.25) is 9.69 Å². The Morgan fingerprint density at radius 2 is 1.56 bits per heavy atom. The van der Waals surface area contributed by atoms with Gasteiger partial charge >= 0.3 is 0 Å². The third-order valence-electron chi connectivity index (χ3n) is 4.65. The molecule has 3 nitrogen and oxygen atoms in total. The van der Waals surface area contributed by atoms with E-state index in [1.807, 2.05) is 18.2 Å². The molecule has 0 aliphatic carbocycles. The number of amides is 1. The highest BCUT2D eigenvalue weighted by molar-refractivity contribution is 9.11. The number of ether oxygens (including phenoxy) is 1. The van der Waals surface area contributed by atoms with Crippen LogP contribution in [0.5, 0.6) is 5.75 Å². The van der Waals surface area contributed by atoms with Gasteiger partial charge in [-0.15, -0.1) is 0 Å². The number of thioether (sulfide) groups is 1. The van der Waals surface area contributed by atoms with E-state index < -0.39 is 0 Å². The second kappa shape index (κ2) is 11.1. The lowest BCUT2D eigenvalue weighted by Crippen LogP contribution is -2.27. The summed E-state index contributed by atoms with van der Waals surface area (Å²) >= 11 is 38.2. The number of hydrogen-bond donors (Lipinski definition) is 0. The standard InChI is InChI=1S/C23H11Br2Cl4NO2S2/c24-15-5-11(6-16(25)21(15)32-10-12-1-2-13(26)8-17(12)28)7-20-22(31)30(23(33)34-20)19-4-3-14(27)9-18(19)29/h1-9H,10H2/b20-7-. The van der Waals surface area contributed by atoms with Gasteiger partial charge in [-0.1, -0.05) is 76.4 Å². The maximum atomic E-state index is 13.1. The fourth-order valence-electron chi connectivity index (χ4n) is 3.08. The molecule has 1 amide bonds. The number of nitrogens with zero attached hydrogens (tertiary/aromatic N) is 1. The molecule has 174 valence electrons. The van der Waals surface area contributed by atoms with Crippen LogP contribution in [0.25, 0.3) is 6.08 Å². The van der Waals surface area contributed by atoms with Crippen LogP contribution in [0.15, 0.2) is 62.4 Å². The second-order valence-electron chi connectivity index (χ2n) is 6.95. The first-order valence-corrected chi connectivity index (χ1v) is 13.7. The lowest BCUT2D eigenvalue weighted by Gasteiger charge is -2.16. The van der Waals surface area contributed by atoms with Crippen molar-refractivity contribution in [2.75, 3.05) is 4.90 Å². The minimum atomic E-state index is -0.260. The quantitative estimate of drug-likeness (QED) is 0.196. The largest absolute Gasteiger partial charge is 0.486 e. The maximum Gasteiger partial charge on any atom is 0.270 e. The molecule has 0 radical (unpaired) electrons. The van der Waals surface area contributed by atoms with E-state index in [-0.39, 0.29) is 12.5 Å². The van der Waals surface area contributed by atoms with Crippen molar-refractivity contribution in [2.24, 2.45) is 0 Å². The number of carbonyl (C=O) groups is 1. The monoisotopic (exact) mass is 695 g/mol. The van der Waals surface area contributed by atoms with Crippen LogP contribution in [0, 0.1) is 0 Å². The predicted octanol–water partition coefficient (Wildman–Crippen LogP) is 9.81. The minimum absolute atomic E-state index is 0.257. The van der Waals surface area contributed by atoms with E-state index in [9.17, 15) is 4.79 Å². The molecule has 0 N–H and O–H groups in total. The number of carbonyl (C=O) groups excluding carboxylic acids is 1. The first kappa shape index (κ1) is 26.3. The summed E-state index contributed by atoms with van der Waals surface area (Å²) in [5.41, 5.74) is 2.07. The molecule has 34 heavy (non-hydrogen) atoms. The topological polar surface area (TPSA) is 29.5 Å². The SMILES string of the molecule is O=C1/C(=C/c2cc(Br)c(OCc3ccc(Cl)cc3Cl)c(Br)c2)SC(=S)N1c1ccc(Cl)cc1Cl. The zero-order valence-electron chi connectivity index (χ0n) is 16.8. The zero-order chi connectivity index (χ0) is 24.6. The summed E-state index contributed by atoms with van der Waals surface area (Å²) in [6, 6.07) is 13.9. The minimum Gasteiger partial charge on any atom is -0.486 e. The summed E-state index contributed by atoms with van der Waals surface area (Å²) in [7, 11) is 0. The van der Waals surface area contributed by atoms with Crippen LogP contribution in [-0.4, -0.2) is 10.2 Å². The van der Waals surface area contributed by atoms with E-state index in [0.29, 0.717) is 49.7 Å². The third kappa shape index (κ3) is 5.79. The Labute approximate surface area is 242 Å². The van der Waals surface area contributed by atoms with Crippen LogP contribution in [0.3, 0.4) is 0 Å². The molecule has 0 saturated carbocycles. The molecule has 0 aromatic heterocycles. The van der Waals surface area contributed by atoms with Gasteiger partial charge in [0, 0.05) is 20.6 Å². The molecular weight excluding hydrogens is 688 g/mol. The average Bonchev–Trinajstić information content (AvgIpc) is 3.02. The van der Waals surface area contributed by atoms with Gasteiger partial charge in [-0.05, 0) is 86.0 Å². The second-order valence-corrected chi connectivity index (χ2v) is 12.0. The molecule has 4 rings (SSSR count). The number of hydrogen-bond acceptors (Lipinski definition) is 4. The highest BCUT2D eigenvalue weighted by Gasteiger charge is 2.34. The summed E-state index contributed by atoms with van der Waals surface area (Å²) in [6.07, 6.45) is 1.76. The number of thiocarbonyl (C=S) groups is 1. The van der Waals surface area contributed by atoms with Crippen molar-refractivity contribution in [3.8, 4) is 5.75 Å². The van der Waals surface area contributed by atoms with Crippen molar-refractivity contribution < 1.29 is 9.53 Å². The molecule has 0 bridgehead atoms. The van der Waals surface area contributed by atoms with E-state index >= 15 is 0 Å². The van der Waals surface area contributed by atoms with E-state index in [1.54, 1.807) is 36.4 Å². The molecule has 0 atom stereocenters. The Bertz CT molecular complexity index is 1340. The molecule has 0 spiro atoms. The molecular formula is C23H11Br2Cl4NO2S2. The highest BCUT2D eigenvalue weighted by atomic mass is 79.9. The fourth-order valence-corrected chi connectivity index (χ4v) is 6.77. The van der Waals surface area contributed by atoms with Gasteiger partial charge in [0.1, 0.15) is 12.4 Å². The Morgan fingerprint density at radius 1 is 0.941 bits per heavy atom. The van der Waals surface area contributed by atoms with E-state index in [2.05, 4.69) is 31.9 Å². The summed E-state index contributed by atoms with van der Waals surface area (Å²) in [6.45, 7) is 0.257. The van der Waals surface area contributed by atoms with Crippen LogP contribution < -0.4 is 9.64 Å². The van der Waals surface area contributed by atoms with E-state index in [4.69, 9.17) is 63.4 Å². The smallest absolute Gasteiger partial charge is 0.270 e. The lowest BCUT2D eigenvalue weighted by molar-refractivity contribution is -0.113. The van der Waals surface area contributed by atoms with Gasteiger partial charge in [0.2, 0.25) is 0 Å². The zero-order valence-corrected chi connectivity index (χ0v) is 24.6. The first-order valence-electron chi connectivity index (χ1n) is 9.43. The van der Waals surface area contributed by atoms with Crippen LogP contribution in [0.4, 0.5) is 5.69 Å². The number of rotatable bonds is 5. The highest BCUT2D eigenvalue weighted by Crippen LogP contribution is 2.41. The first-order chi connectivity index (χ1) is 16.1. The van der Waals surface area contributed by atoms with Gasteiger partial charge in [0.15, 0.2) is 4.32 Å². The van der Waals surface area contributed by atoms with Crippen LogP contribution in [-0.2, 0) is 11.4 Å². The fraction of sp³-hybridized carbons (Fsp3) is 0.0435. The summed E-state index contributed by atoms with van der Waals surface area (Å²) in [5, 5.41) is 1.91. The van der Waals surface area contributed by atoms with Crippen molar-refractivity contribution in [3.63, 3.8) is 0 Å². The van der Waals surface area contributed by atoms with Gasteiger partial charge in [-0.25, -0.2) is 0 Å². The summed E-state index contributed by atoms with van der Waals surface area (Å²) in [5.74, 6) is 0.341. The van der Waals surface area contributed by atoms with Gasteiger partial charge < -0.3 is 4.74 Å². The van der Waals surface area contributed by atoms with E-state index in [0.717, 1.165) is 11.1 Å². The molecule has 3 aromatic rings. The van der Waals surface area contributed by atoms with Crippen LogP contribution >= 0.6 is 102 Å². The summed E-state index contributed by atoms with van der Waals surface area (Å²) in [4.78, 5) is 15.0. The number of benzene rings is 3. The Hall–Kier alpha value is -0.770. The van der Waals surface area contributed by atoms with Gasteiger partial charge in [0.25, 0.3) is 5.91 Å². The molecule has 1 aliphatic heterocycles. The number of anilines is 1. The third-order valence-corrected chi connectivity index (χ3v) is 8.25. The van der Waals surface area contributed by atoms with Crippen molar-refractivity contribution in [2.45, 2.75) is 6.61 Å². The molecule has 0 unspecified atom stereocenters. The summed E-state index contributed by atoms with van der Waals surface area (Å²) < 4.78 is 7.76. The Morgan fingerprint density at radius 3 is 2.18 bits per heavy atom. The van der Waals surface area contributed by atoms with Crippen molar-refractivity contribution in [3.05, 3.63) is 93.6 Å².